The SMILES string of the molecule is CCN(CC)c1cc(CCC(=O)NC2CC2)ccn1. The second kappa shape index (κ2) is 6.55. The van der Waals surface area contributed by atoms with E-state index in [0.717, 1.165) is 38.2 Å². The summed E-state index contributed by atoms with van der Waals surface area (Å²) in [6.45, 7) is 6.16. The van der Waals surface area contributed by atoms with Gasteiger partial charge in [-0.15, -0.1) is 0 Å². The number of nitrogens with zero attached hydrogens (tertiary/aromatic N) is 2. The number of aromatic nitrogens is 1. The van der Waals surface area contributed by atoms with E-state index in [1.165, 1.54) is 5.56 Å². The Hall–Kier alpha value is -1.58. The fourth-order valence-electron chi connectivity index (χ4n) is 2.12. The van der Waals surface area contributed by atoms with Crippen molar-refractivity contribution in [3.63, 3.8) is 0 Å². The number of amides is 1. The molecule has 2 rings (SSSR count). The van der Waals surface area contributed by atoms with Crippen LogP contribution in [-0.4, -0.2) is 30.0 Å². The molecule has 4 nitrogen and oxygen atoms in total. The molecule has 0 atom stereocenters. The minimum Gasteiger partial charge on any atom is -0.357 e. The van der Waals surface area contributed by atoms with Gasteiger partial charge in [-0.05, 0) is 50.8 Å². The summed E-state index contributed by atoms with van der Waals surface area (Å²) >= 11 is 0. The van der Waals surface area contributed by atoms with Gasteiger partial charge in [-0.2, -0.15) is 0 Å². The molecule has 0 unspecified atom stereocenters. The lowest BCUT2D eigenvalue weighted by atomic mass is 10.1. The smallest absolute Gasteiger partial charge is 0.220 e. The molecular formula is C15H23N3O. The summed E-state index contributed by atoms with van der Waals surface area (Å²) in [7, 11) is 0. The molecule has 4 heteroatoms. The molecule has 0 spiro atoms. The van der Waals surface area contributed by atoms with Gasteiger partial charge < -0.3 is 10.2 Å². The normalized spacial score (nSPS) is 14.2. The Bertz CT molecular complexity index is 425. The lowest BCUT2D eigenvalue weighted by Crippen LogP contribution is -2.25. The predicted molar refractivity (Wildman–Crippen MR) is 77.3 cm³/mol. The summed E-state index contributed by atoms with van der Waals surface area (Å²) in [5.74, 6) is 1.17. The molecule has 1 aliphatic rings. The van der Waals surface area contributed by atoms with Crippen LogP contribution >= 0.6 is 0 Å². The maximum absolute atomic E-state index is 11.7. The van der Waals surface area contributed by atoms with Crippen LogP contribution in [0.25, 0.3) is 0 Å². The van der Waals surface area contributed by atoms with E-state index in [0.29, 0.717) is 12.5 Å². The van der Waals surface area contributed by atoms with Crippen LogP contribution in [0, 0.1) is 0 Å². The van der Waals surface area contributed by atoms with E-state index in [-0.39, 0.29) is 5.91 Å². The first-order chi connectivity index (χ1) is 9.22. The van der Waals surface area contributed by atoms with Crippen LogP contribution in [0.1, 0.15) is 38.7 Å². The number of carbonyl (C=O) groups excluding carboxylic acids is 1. The summed E-state index contributed by atoms with van der Waals surface area (Å²) in [6, 6.07) is 4.55. The van der Waals surface area contributed by atoms with Crippen molar-refractivity contribution < 1.29 is 4.79 Å². The predicted octanol–water partition coefficient (Wildman–Crippen LogP) is 2.14. The van der Waals surface area contributed by atoms with Crippen molar-refractivity contribution in [2.24, 2.45) is 0 Å². The summed E-state index contributed by atoms with van der Waals surface area (Å²) in [4.78, 5) is 18.3. The van der Waals surface area contributed by atoms with E-state index < -0.39 is 0 Å². The number of hydrogen-bond donors (Lipinski definition) is 1. The average Bonchev–Trinajstić information content (AvgIpc) is 3.22. The van der Waals surface area contributed by atoms with Gasteiger partial charge in [-0.25, -0.2) is 4.98 Å². The zero-order chi connectivity index (χ0) is 13.7. The van der Waals surface area contributed by atoms with Crippen molar-refractivity contribution >= 4 is 11.7 Å². The molecule has 1 heterocycles. The Kier molecular flexibility index (Phi) is 4.77. The van der Waals surface area contributed by atoms with E-state index >= 15 is 0 Å². The minimum atomic E-state index is 0.170. The van der Waals surface area contributed by atoms with Crippen molar-refractivity contribution in [3.05, 3.63) is 23.9 Å². The Labute approximate surface area is 115 Å². The van der Waals surface area contributed by atoms with Crippen molar-refractivity contribution in [1.29, 1.82) is 0 Å². The zero-order valence-corrected chi connectivity index (χ0v) is 11.9. The van der Waals surface area contributed by atoms with Crippen molar-refractivity contribution in [3.8, 4) is 0 Å². The van der Waals surface area contributed by atoms with Gasteiger partial charge in [0.1, 0.15) is 5.82 Å². The molecule has 1 N–H and O–H groups in total. The van der Waals surface area contributed by atoms with Gasteiger partial charge in [-0.3, -0.25) is 4.79 Å². The van der Waals surface area contributed by atoms with Gasteiger partial charge in [-0.1, -0.05) is 0 Å². The number of carbonyl (C=O) groups is 1. The highest BCUT2D eigenvalue weighted by Gasteiger charge is 2.22. The molecule has 104 valence electrons. The maximum atomic E-state index is 11.7. The summed E-state index contributed by atoms with van der Waals surface area (Å²) < 4.78 is 0. The minimum absolute atomic E-state index is 0.170. The molecule has 0 saturated heterocycles. The van der Waals surface area contributed by atoms with Gasteiger partial charge in [0.05, 0.1) is 0 Å². The van der Waals surface area contributed by atoms with Crippen LogP contribution in [0.5, 0.6) is 0 Å². The zero-order valence-electron chi connectivity index (χ0n) is 11.9. The average molecular weight is 261 g/mol. The molecule has 1 saturated carbocycles. The molecule has 1 amide bonds. The fourth-order valence-corrected chi connectivity index (χ4v) is 2.12. The van der Waals surface area contributed by atoms with Crippen molar-refractivity contribution in [2.45, 2.75) is 45.6 Å². The maximum Gasteiger partial charge on any atom is 0.220 e. The highest BCUT2D eigenvalue weighted by Crippen LogP contribution is 2.19. The van der Waals surface area contributed by atoms with Gasteiger partial charge in [0.25, 0.3) is 0 Å². The Balaban J connectivity index is 1.88. The largest absolute Gasteiger partial charge is 0.357 e. The summed E-state index contributed by atoms with van der Waals surface area (Å²) in [5.41, 5.74) is 1.18. The lowest BCUT2D eigenvalue weighted by Gasteiger charge is -2.20. The second-order valence-corrected chi connectivity index (χ2v) is 5.04. The third kappa shape index (κ3) is 4.23. The van der Waals surface area contributed by atoms with Crippen LogP contribution < -0.4 is 10.2 Å². The third-order valence-corrected chi connectivity index (χ3v) is 3.48. The van der Waals surface area contributed by atoms with Gasteiger partial charge in [0.2, 0.25) is 5.91 Å². The Morgan fingerprint density at radius 2 is 2.16 bits per heavy atom. The molecule has 1 aromatic rings. The van der Waals surface area contributed by atoms with Gasteiger partial charge in [0.15, 0.2) is 0 Å². The van der Waals surface area contributed by atoms with Gasteiger partial charge >= 0.3 is 0 Å². The van der Waals surface area contributed by atoms with E-state index in [9.17, 15) is 4.79 Å². The van der Waals surface area contributed by atoms with Crippen molar-refractivity contribution in [1.82, 2.24) is 10.3 Å². The van der Waals surface area contributed by atoms with E-state index in [1.54, 1.807) is 0 Å². The third-order valence-electron chi connectivity index (χ3n) is 3.48. The number of anilines is 1. The van der Waals surface area contributed by atoms with E-state index in [1.807, 2.05) is 12.3 Å². The van der Waals surface area contributed by atoms with Crippen molar-refractivity contribution in [2.75, 3.05) is 18.0 Å². The quantitative estimate of drug-likeness (QED) is 0.818. The lowest BCUT2D eigenvalue weighted by molar-refractivity contribution is -0.121. The molecule has 1 fully saturated rings. The summed E-state index contributed by atoms with van der Waals surface area (Å²) in [6.07, 6.45) is 5.48. The first kappa shape index (κ1) is 13.8. The number of aryl methyl sites for hydroxylation is 1. The molecule has 19 heavy (non-hydrogen) atoms. The number of nitrogens with one attached hydrogen (secondary N) is 1. The van der Waals surface area contributed by atoms with Crippen LogP contribution in [-0.2, 0) is 11.2 Å². The van der Waals surface area contributed by atoms with Crippen LogP contribution in [0.2, 0.25) is 0 Å². The van der Waals surface area contributed by atoms with Crippen LogP contribution in [0.15, 0.2) is 18.3 Å². The van der Waals surface area contributed by atoms with Crippen LogP contribution in [0.4, 0.5) is 5.82 Å². The monoisotopic (exact) mass is 261 g/mol. The summed E-state index contributed by atoms with van der Waals surface area (Å²) in [5, 5.41) is 3.02. The number of hydrogen-bond acceptors (Lipinski definition) is 3. The molecule has 0 bridgehead atoms. The second-order valence-electron chi connectivity index (χ2n) is 5.04. The number of rotatable bonds is 7. The molecular weight excluding hydrogens is 238 g/mol. The Morgan fingerprint density at radius 1 is 1.42 bits per heavy atom. The topological polar surface area (TPSA) is 45.2 Å². The van der Waals surface area contributed by atoms with E-state index in [2.05, 4.69) is 35.1 Å². The molecule has 1 aromatic heterocycles. The fraction of sp³-hybridized carbons (Fsp3) is 0.600. The van der Waals surface area contributed by atoms with Crippen LogP contribution in [0.3, 0.4) is 0 Å². The number of pyridine rings is 1. The molecule has 1 aliphatic carbocycles. The Morgan fingerprint density at radius 3 is 2.79 bits per heavy atom. The molecule has 0 aromatic carbocycles. The first-order valence-electron chi connectivity index (χ1n) is 7.22. The molecule has 0 aliphatic heterocycles. The van der Waals surface area contributed by atoms with E-state index in [4.69, 9.17) is 0 Å². The highest BCUT2D eigenvalue weighted by atomic mass is 16.1. The standard InChI is InChI=1S/C15H23N3O/c1-3-18(4-2)14-11-12(9-10-16-14)5-8-15(19)17-13-6-7-13/h9-11,13H,3-8H2,1-2H3,(H,17,19). The van der Waals surface area contributed by atoms with Gasteiger partial charge in [0, 0.05) is 31.7 Å². The highest BCUT2D eigenvalue weighted by molar-refractivity contribution is 5.76. The first-order valence-corrected chi connectivity index (χ1v) is 7.22. The molecule has 0 radical (unpaired) electrons.